The van der Waals surface area contributed by atoms with Gasteiger partial charge in [0.05, 0.1) is 4.90 Å². The van der Waals surface area contributed by atoms with Gasteiger partial charge in [-0.2, -0.15) is 0 Å². The first-order valence-corrected chi connectivity index (χ1v) is 7.30. The lowest BCUT2D eigenvalue weighted by molar-refractivity contribution is 0.202. The van der Waals surface area contributed by atoms with E-state index in [1.807, 2.05) is 4.72 Å². The van der Waals surface area contributed by atoms with Crippen molar-refractivity contribution in [3.63, 3.8) is 0 Å². The molecule has 0 radical (unpaired) electrons. The second kappa shape index (κ2) is 5.54. The Morgan fingerprint density at radius 3 is 2.32 bits per heavy atom. The molecule has 0 unspecified atom stereocenters. The van der Waals surface area contributed by atoms with E-state index in [4.69, 9.17) is 0 Å². The zero-order valence-corrected chi connectivity index (χ0v) is 10.9. The number of carbonyl (C=O) groups is 1. The Balaban J connectivity index is 2.00. The first-order valence-electron chi connectivity index (χ1n) is 5.81. The average Bonchev–Trinajstić information content (AvgIpc) is 2.81. The predicted octanol–water partition coefficient (Wildman–Crippen LogP) is 0.824. The molecule has 0 aromatic heterocycles. The van der Waals surface area contributed by atoms with Gasteiger partial charge in [-0.05, 0) is 37.1 Å². The van der Waals surface area contributed by atoms with Crippen molar-refractivity contribution in [1.29, 1.82) is 0 Å². The molecule has 2 N–H and O–H groups in total. The van der Waals surface area contributed by atoms with Gasteiger partial charge >= 0.3 is 6.03 Å². The monoisotopic (exact) mass is 287 g/mol. The third-order valence-corrected chi connectivity index (χ3v) is 4.06. The first kappa shape index (κ1) is 13.8. The predicted molar refractivity (Wildman–Crippen MR) is 66.1 cm³/mol. The minimum absolute atomic E-state index is 0.162. The van der Waals surface area contributed by atoms with Crippen molar-refractivity contribution < 1.29 is 17.6 Å². The number of urea groups is 1. The van der Waals surface area contributed by atoms with Crippen LogP contribution in [0.5, 0.6) is 0 Å². The smallest absolute Gasteiger partial charge is 0.270 e. The number of nitrogens with zero attached hydrogens (tertiary/aromatic N) is 1. The summed E-state index contributed by atoms with van der Waals surface area (Å²) in [5.41, 5.74) is 2.45. The van der Waals surface area contributed by atoms with Crippen LogP contribution in [0, 0.1) is 5.82 Å². The molecular formula is C11H14FN3O3S. The number of hydrogen-bond donors (Lipinski definition) is 2. The molecule has 1 aliphatic heterocycles. The van der Waals surface area contributed by atoms with Gasteiger partial charge in [0.2, 0.25) is 0 Å². The second-order valence-electron chi connectivity index (χ2n) is 4.19. The number of sulfonamides is 1. The summed E-state index contributed by atoms with van der Waals surface area (Å²) >= 11 is 0. The highest BCUT2D eigenvalue weighted by molar-refractivity contribution is 7.90. The largest absolute Gasteiger partial charge is 0.343 e. The zero-order chi connectivity index (χ0) is 13.9. The summed E-state index contributed by atoms with van der Waals surface area (Å²) in [4.78, 5) is 11.4. The molecule has 1 heterocycles. The fourth-order valence-corrected chi connectivity index (χ4v) is 2.69. The van der Waals surface area contributed by atoms with Crippen molar-refractivity contribution in [2.75, 3.05) is 13.1 Å². The van der Waals surface area contributed by atoms with E-state index in [9.17, 15) is 17.6 Å². The Morgan fingerprint density at radius 2 is 1.74 bits per heavy atom. The molecule has 1 aromatic rings. The van der Waals surface area contributed by atoms with Crippen LogP contribution in [0.3, 0.4) is 0 Å². The third-order valence-electron chi connectivity index (χ3n) is 2.72. The van der Waals surface area contributed by atoms with Crippen molar-refractivity contribution >= 4 is 16.1 Å². The van der Waals surface area contributed by atoms with Crippen molar-refractivity contribution in [3.05, 3.63) is 30.1 Å². The highest BCUT2D eigenvalue weighted by atomic mass is 32.2. The van der Waals surface area contributed by atoms with Crippen LogP contribution in [0.4, 0.5) is 9.18 Å². The maximum Gasteiger partial charge on any atom is 0.343 e. The van der Waals surface area contributed by atoms with Crippen LogP contribution < -0.4 is 10.1 Å². The highest BCUT2D eigenvalue weighted by Crippen LogP contribution is 2.09. The summed E-state index contributed by atoms with van der Waals surface area (Å²) < 4.78 is 38.2. The molecule has 0 aliphatic carbocycles. The molecule has 0 atom stereocenters. The highest BCUT2D eigenvalue weighted by Gasteiger charge is 2.20. The number of hydrogen-bond acceptors (Lipinski definition) is 4. The Morgan fingerprint density at radius 1 is 1.16 bits per heavy atom. The zero-order valence-electron chi connectivity index (χ0n) is 10.1. The van der Waals surface area contributed by atoms with Gasteiger partial charge in [0, 0.05) is 13.1 Å². The number of rotatable bonds is 3. The van der Waals surface area contributed by atoms with Crippen LogP contribution in [-0.4, -0.2) is 32.5 Å². The Hall–Kier alpha value is -1.67. The number of nitrogens with one attached hydrogen (secondary N) is 2. The molecule has 2 rings (SSSR count). The SMILES string of the molecule is O=C(NN1CCCC1)NS(=O)(=O)c1ccc(F)cc1. The van der Waals surface area contributed by atoms with E-state index in [1.165, 1.54) is 0 Å². The fraction of sp³-hybridized carbons (Fsp3) is 0.364. The average molecular weight is 287 g/mol. The molecule has 2 amide bonds. The van der Waals surface area contributed by atoms with E-state index < -0.39 is 21.9 Å². The van der Waals surface area contributed by atoms with Gasteiger partial charge in [-0.15, -0.1) is 0 Å². The molecule has 0 saturated carbocycles. The van der Waals surface area contributed by atoms with E-state index in [-0.39, 0.29) is 4.90 Å². The number of carbonyl (C=O) groups excluding carboxylic acids is 1. The molecule has 1 saturated heterocycles. The van der Waals surface area contributed by atoms with Crippen LogP contribution in [-0.2, 0) is 10.0 Å². The van der Waals surface area contributed by atoms with Gasteiger partial charge in [-0.25, -0.2) is 27.3 Å². The van der Waals surface area contributed by atoms with E-state index >= 15 is 0 Å². The summed E-state index contributed by atoms with van der Waals surface area (Å²) in [5.74, 6) is -0.541. The van der Waals surface area contributed by atoms with Gasteiger partial charge in [-0.1, -0.05) is 0 Å². The standard InChI is InChI=1S/C11H14FN3O3S/c12-9-3-5-10(6-4-9)19(17,18)14-11(16)13-15-7-1-2-8-15/h3-6H,1-2,7-8H2,(H2,13,14,16). The summed E-state index contributed by atoms with van der Waals surface area (Å²) in [6.45, 7) is 1.40. The Kier molecular flexibility index (Phi) is 4.01. The van der Waals surface area contributed by atoms with Gasteiger partial charge in [-0.3, -0.25) is 5.43 Å². The van der Waals surface area contributed by atoms with Gasteiger partial charge < -0.3 is 0 Å². The Labute approximate surface area is 110 Å². The molecule has 104 valence electrons. The number of amides is 2. The molecule has 6 nitrogen and oxygen atoms in total. The molecule has 1 aliphatic rings. The van der Waals surface area contributed by atoms with Crippen molar-refractivity contribution in [2.45, 2.75) is 17.7 Å². The number of hydrazine groups is 1. The van der Waals surface area contributed by atoms with Gasteiger partial charge in [0.25, 0.3) is 10.0 Å². The minimum Gasteiger partial charge on any atom is -0.270 e. The summed E-state index contributed by atoms with van der Waals surface area (Å²) in [5, 5.41) is 1.65. The van der Waals surface area contributed by atoms with E-state index in [1.54, 1.807) is 5.01 Å². The lowest BCUT2D eigenvalue weighted by atomic mass is 10.4. The molecule has 1 aromatic carbocycles. The van der Waals surface area contributed by atoms with Gasteiger partial charge in [0.15, 0.2) is 0 Å². The molecule has 8 heteroatoms. The van der Waals surface area contributed by atoms with Crippen LogP contribution in [0.1, 0.15) is 12.8 Å². The van der Waals surface area contributed by atoms with Crippen molar-refractivity contribution in [1.82, 2.24) is 15.2 Å². The topological polar surface area (TPSA) is 78.5 Å². The normalized spacial score (nSPS) is 16.3. The molecule has 19 heavy (non-hydrogen) atoms. The number of benzene rings is 1. The van der Waals surface area contributed by atoms with Crippen molar-refractivity contribution in [2.24, 2.45) is 0 Å². The van der Waals surface area contributed by atoms with Crippen molar-refractivity contribution in [3.8, 4) is 0 Å². The Bertz CT molecular complexity index is 553. The van der Waals surface area contributed by atoms with Gasteiger partial charge in [0.1, 0.15) is 5.82 Å². The lowest BCUT2D eigenvalue weighted by Gasteiger charge is -2.16. The van der Waals surface area contributed by atoms with E-state index in [2.05, 4.69) is 5.43 Å². The summed E-state index contributed by atoms with van der Waals surface area (Å²) in [6.07, 6.45) is 1.93. The molecule has 1 fully saturated rings. The maximum atomic E-state index is 12.7. The quantitative estimate of drug-likeness (QED) is 0.863. The maximum absolute atomic E-state index is 12.7. The van der Waals surface area contributed by atoms with Crippen LogP contribution in [0.15, 0.2) is 29.2 Å². The first-order chi connectivity index (χ1) is 8.97. The molecule has 0 bridgehead atoms. The molecular weight excluding hydrogens is 273 g/mol. The summed E-state index contributed by atoms with van der Waals surface area (Å²) in [7, 11) is -3.97. The summed E-state index contributed by atoms with van der Waals surface area (Å²) in [6, 6.07) is 3.42. The van der Waals surface area contributed by atoms with Crippen LogP contribution >= 0.6 is 0 Å². The second-order valence-corrected chi connectivity index (χ2v) is 5.88. The third kappa shape index (κ3) is 3.65. The lowest BCUT2D eigenvalue weighted by Crippen LogP contribution is -2.47. The minimum atomic E-state index is -3.97. The van der Waals surface area contributed by atoms with Crippen LogP contribution in [0.2, 0.25) is 0 Å². The van der Waals surface area contributed by atoms with E-state index in [0.717, 1.165) is 37.1 Å². The number of halogens is 1. The fourth-order valence-electron chi connectivity index (χ4n) is 1.79. The van der Waals surface area contributed by atoms with Crippen LogP contribution in [0.25, 0.3) is 0 Å². The molecule has 0 spiro atoms. The van der Waals surface area contributed by atoms with E-state index in [0.29, 0.717) is 13.1 Å².